The molecule has 4 heteroatoms. The third-order valence-electron chi connectivity index (χ3n) is 2.84. The van der Waals surface area contributed by atoms with E-state index in [1.807, 2.05) is 24.3 Å². The van der Waals surface area contributed by atoms with Crippen molar-refractivity contribution in [2.75, 3.05) is 13.7 Å². The Labute approximate surface area is 119 Å². The van der Waals surface area contributed by atoms with Gasteiger partial charge in [-0.25, -0.2) is 0 Å². The Bertz CT molecular complexity index is 495. The molecule has 0 aromatic heterocycles. The summed E-state index contributed by atoms with van der Waals surface area (Å²) in [5.74, 6) is -0.795. The van der Waals surface area contributed by atoms with Crippen LogP contribution in [0, 0.1) is 0 Å². The molecule has 0 unspecified atom stereocenters. The molecule has 0 aliphatic rings. The van der Waals surface area contributed by atoms with E-state index < -0.39 is 5.97 Å². The van der Waals surface area contributed by atoms with Gasteiger partial charge >= 0.3 is 5.97 Å². The molecule has 0 fully saturated rings. The molecule has 0 spiro atoms. The fourth-order valence-electron chi connectivity index (χ4n) is 1.56. The monoisotopic (exact) mass is 275 g/mol. The molecule has 20 heavy (non-hydrogen) atoms. The number of amides is 1. The average molecular weight is 275 g/mol. The van der Waals surface area contributed by atoms with Gasteiger partial charge in [-0.2, -0.15) is 0 Å². The molecule has 108 valence electrons. The van der Waals surface area contributed by atoms with Gasteiger partial charge in [-0.05, 0) is 22.6 Å². The van der Waals surface area contributed by atoms with Gasteiger partial charge in [-0.3, -0.25) is 9.59 Å². The topological polar surface area (TPSA) is 55.4 Å². The SMILES string of the molecule is COC(=O)CNC(=O)/C=C/c1ccc(C(C)(C)C)cc1. The van der Waals surface area contributed by atoms with Gasteiger partial charge < -0.3 is 10.1 Å². The summed E-state index contributed by atoms with van der Waals surface area (Å²) in [7, 11) is 1.28. The second-order valence-electron chi connectivity index (χ2n) is 5.50. The first-order chi connectivity index (χ1) is 9.32. The van der Waals surface area contributed by atoms with Crippen molar-refractivity contribution < 1.29 is 14.3 Å². The van der Waals surface area contributed by atoms with Crippen molar-refractivity contribution in [3.63, 3.8) is 0 Å². The number of rotatable bonds is 4. The lowest BCUT2D eigenvalue weighted by molar-refractivity contribution is -0.140. The van der Waals surface area contributed by atoms with Crippen molar-refractivity contribution in [1.82, 2.24) is 5.32 Å². The molecular formula is C16H21NO3. The van der Waals surface area contributed by atoms with E-state index in [-0.39, 0.29) is 17.9 Å². The lowest BCUT2D eigenvalue weighted by Gasteiger charge is -2.18. The number of carbonyl (C=O) groups excluding carboxylic acids is 2. The molecule has 0 saturated carbocycles. The Morgan fingerprint density at radius 3 is 2.30 bits per heavy atom. The van der Waals surface area contributed by atoms with Gasteiger partial charge in [0.15, 0.2) is 0 Å². The minimum absolute atomic E-state index is 0.111. The summed E-state index contributed by atoms with van der Waals surface area (Å²) in [4.78, 5) is 22.3. The number of nitrogens with one attached hydrogen (secondary N) is 1. The van der Waals surface area contributed by atoms with Gasteiger partial charge in [0.1, 0.15) is 6.54 Å². The molecule has 0 atom stereocenters. The van der Waals surface area contributed by atoms with E-state index in [4.69, 9.17) is 0 Å². The number of ether oxygens (including phenoxy) is 1. The lowest BCUT2D eigenvalue weighted by atomic mass is 9.87. The second-order valence-corrected chi connectivity index (χ2v) is 5.50. The normalized spacial score (nSPS) is 11.4. The van der Waals surface area contributed by atoms with Crippen LogP contribution in [0.3, 0.4) is 0 Å². The highest BCUT2D eigenvalue weighted by Gasteiger charge is 2.12. The van der Waals surface area contributed by atoms with Crippen molar-refractivity contribution in [2.45, 2.75) is 26.2 Å². The number of esters is 1. The minimum atomic E-state index is -0.471. The van der Waals surface area contributed by atoms with Crippen LogP contribution in [-0.2, 0) is 19.7 Å². The zero-order chi connectivity index (χ0) is 15.2. The van der Waals surface area contributed by atoms with E-state index in [0.29, 0.717) is 0 Å². The maximum absolute atomic E-state index is 11.5. The second kappa shape index (κ2) is 6.89. The first kappa shape index (κ1) is 16.0. The molecule has 1 aromatic rings. The summed E-state index contributed by atoms with van der Waals surface area (Å²) in [6.07, 6.45) is 3.11. The van der Waals surface area contributed by atoms with E-state index in [0.717, 1.165) is 5.56 Å². The van der Waals surface area contributed by atoms with Crippen LogP contribution in [0.4, 0.5) is 0 Å². The summed E-state index contributed by atoms with van der Waals surface area (Å²) >= 11 is 0. The van der Waals surface area contributed by atoms with Crippen LogP contribution in [0.15, 0.2) is 30.3 Å². The molecule has 0 heterocycles. The summed E-state index contributed by atoms with van der Waals surface area (Å²) in [5, 5.41) is 2.44. The summed E-state index contributed by atoms with van der Waals surface area (Å²) in [5.41, 5.74) is 2.29. The molecule has 1 rings (SSSR count). The quantitative estimate of drug-likeness (QED) is 0.677. The van der Waals surface area contributed by atoms with E-state index in [9.17, 15) is 9.59 Å². The number of hydrogen-bond acceptors (Lipinski definition) is 3. The predicted octanol–water partition coefficient (Wildman–Crippen LogP) is 2.29. The van der Waals surface area contributed by atoms with Crippen molar-refractivity contribution in [1.29, 1.82) is 0 Å². The van der Waals surface area contributed by atoms with Crippen LogP contribution < -0.4 is 5.32 Å². The Kier molecular flexibility index (Phi) is 5.50. The number of methoxy groups -OCH3 is 1. The van der Waals surface area contributed by atoms with Crippen LogP contribution in [0.1, 0.15) is 31.9 Å². The molecular weight excluding hydrogens is 254 g/mol. The maximum Gasteiger partial charge on any atom is 0.325 e. The molecule has 0 bridgehead atoms. The third kappa shape index (κ3) is 5.26. The highest BCUT2D eigenvalue weighted by molar-refractivity contribution is 5.93. The summed E-state index contributed by atoms with van der Waals surface area (Å²) in [6.45, 7) is 6.33. The summed E-state index contributed by atoms with van der Waals surface area (Å²) in [6, 6.07) is 8.02. The molecule has 0 aliphatic heterocycles. The first-order valence-electron chi connectivity index (χ1n) is 6.46. The fraction of sp³-hybridized carbons (Fsp3) is 0.375. The Hall–Kier alpha value is -2.10. The molecule has 1 N–H and O–H groups in total. The van der Waals surface area contributed by atoms with Crippen molar-refractivity contribution >= 4 is 18.0 Å². The number of hydrogen-bond donors (Lipinski definition) is 1. The molecule has 0 radical (unpaired) electrons. The van der Waals surface area contributed by atoms with Gasteiger partial charge in [-0.15, -0.1) is 0 Å². The van der Waals surface area contributed by atoms with E-state index in [2.05, 4.69) is 30.8 Å². The van der Waals surface area contributed by atoms with Crippen molar-refractivity contribution in [3.05, 3.63) is 41.5 Å². The maximum atomic E-state index is 11.5. The van der Waals surface area contributed by atoms with Crippen molar-refractivity contribution in [3.8, 4) is 0 Å². The largest absolute Gasteiger partial charge is 0.468 e. The molecule has 0 aliphatic carbocycles. The minimum Gasteiger partial charge on any atom is -0.468 e. The number of benzene rings is 1. The zero-order valence-corrected chi connectivity index (χ0v) is 12.4. The highest BCUT2D eigenvalue weighted by Crippen LogP contribution is 2.22. The first-order valence-corrected chi connectivity index (χ1v) is 6.46. The zero-order valence-electron chi connectivity index (χ0n) is 12.4. The van der Waals surface area contributed by atoms with Gasteiger partial charge in [0.25, 0.3) is 0 Å². The van der Waals surface area contributed by atoms with Crippen molar-refractivity contribution in [2.24, 2.45) is 0 Å². The van der Waals surface area contributed by atoms with Gasteiger partial charge in [0.2, 0.25) is 5.91 Å². The van der Waals surface area contributed by atoms with E-state index in [1.165, 1.54) is 18.7 Å². The van der Waals surface area contributed by atoms with Gasteiger partial charge in [0, 0.05) is 6.08 Å². The van der Waals surface area contributed by atoms with Crippen LogP contribution in [0.25, 0.3) is 6.08 Å². The Morgan fingerprint density at radius 2 is 1.80 bits per heavy atom. The third-order valence-corrected chi connectivity index (χ3v) is 2.84. The highest BCUT2D eigenvalue weighted by atomic mass is 16.5. The van der Waals surface area contributed by atoms with E-state index in [1.54, 1.807) is 6.08 Å². The number of carbonyl (C=O) groups is 2. The van der Waals surface area contributed by atoms with Crippen LogP contribution in [0.2, 0.25) is 0 Å². The van der Waals surface area contributed by atoms with Crippen LogP contribution in [0.5, 0.6) is 0 Å². The van der Waals surface area contributed by atoms with Crippen LogP contribution in [-0.4, -0.2) is 25.5 Å². The van der Waals surface area contributed by atoms with Crippen LogP contribution >= 0.6 is 0 Å². The fourth-order valence-corrected chi connectivity index (χ4v) is 1.56. The molecule has 0 saturated heterocycles. The predicted molar refractivity (Wildman–Crippen MR) is 79.2 cm³/mol. The lowest BCUT2D eigenvalue weighted by Crippen LogP contribution is -2.28. The van der Waals surface area contributed by atoms with Gasteiger partial charge in [0.05, 0.1) is 7.11 Å². The van der Waals surface area contributed by atoms with E-state index >= 15 is 0 Å². The smallest absolute Gasteiger partial charge is 0.325 e. The van der Waals surface area contributed by atoms with Gasteiger partial charge in [-0.1, -0.05) is 45.0 Å². The Balaban J connectivity index is 2.58. The average Bonchev–Trinajstić information content (AvgIpc) is 2.41. The summed E-state index contributed by atoms with van der Waals surface area (Å²) < 4.78 is 4.43. The Morgan fingerprint density at radius 1 is 1.20 bits per heavy atom. The molecule has 1 amide bonds. The standard InChI is InChI=1S/C16H21NO3/c1-16(2,3)13-8-5-12(6-9-13)7-10-14(18)17-11-15(19)20-4/h5-10H,11H2,1-4H3,(H,17,18)/b10-7+. The molecule has 4 nitrogen and oxygen atoms in total. The molecule has 1 aromatic carbocycles.